The Bertz CT molecular complexity index is 387. The number of thiophene rings is 1. The maximum atomic E-state index is 12.3. The number of nitrogens with zero attached hydrogens (tertiary/aromatic N) is 1. The van der Waals surface area contributed by atoms with Gasteiger partial charge in [-0.2, -0.15) is 0 Å². The summed E-state index contributed by atoms with van der Waals surface area (Å²) in [6.07, 6.45) is 2.08. The number of nitrogens with two attached hydrogens (primary N) is 1. The molecule has 1 fully saturated rings. The van der Waals surface area contributed by atoms with Crippen LogP contribution in [0.2, 0.25) is 0 Å². The first-order valence-corrected chi connectivity index (χ1v) is 7.64. The predicted molar refractivity (Wildman–Crippen MR) is 75.4 cm³/mol. The number of rotatable bonds is 5. The molecule has 1 aliphatic carbocycles. The van der Waals surface area contributed by atoms with E-state index in [0.29, 0.717) is 11.8 Å². The van der Waals surface area contributed by atoms with Crippen molar-refractivity contribution in [3.05, 3.63) is 22.4 Å². The van der Waals surface area contributed by atoms with Crippen molar-refractivity contribution in [3.63, 3.8) is 0 Å². The predicted octanol–water partition coefficient (Wildman–Crippen LogP) is 2.64. The fraction of sp³-hybridized carbons (Fsp3) is 0.643. The zero-order chi connectivity index (χ0) is 13.1. The summed E-state index contributed by atoms with van der Waals surface area (Å²) in [7, 11) is 0. The molecule has 1 heterocycles. The Morgan fingerprint density at radius 2 is 2.22 bits per heavy atom. The summed E-state index contributed by atoms with van der Waals surface area (Å²) in [5.74, 6) is 0.766. The summed E-state index contributed by atoms with van der Waals surface area (Å²) < 4.78 is 0. The molecule has 0 saturated heterocycles. The van der Waals surface area contributed by atoms with E-state index in [1.165, 1.54) is 4.88 Å². The third kappa shape index (κ3) is 2.45. The number of hydrogen-bond donors (Lipinski definition) is 1. The Morgan fingerprint density at radius 3 is 2.67 bits per heavy atom. The molecule has 3 nitrogen and oxygen atoms in total. The van der Waals surface area contributed by atoms with Gasteiger partial charge in [-0.05, 0) is 44.1 Å². The third-order valence-electron chi connectivity index (χ3n) is 4.05. The molecule has 4 heteroatoms. The summed E-state index contributed by atoms with van der Waals surface area (Å²) in [5, 5.41) is 2.05. The molecule has 3 atom stereocenters. The molecular weight excluding hydrogens is 244 g/mol. The van der Waals surface area contributed by atoms with Crippen molar-refractivity contribution in [1.29, 1.82) is 0 Å². The van der Waals surface area contributed by atoms with Crippen LogP contribution in [0.4, 0.5) is 0 Å². The van der Waals surface area contributed by atoms with E-state index in [2.05, 4.69) is 11.4 Å². The molecule has 1 unspecified atom stereocenters. The summed E-state index contributed by atoms with van der Waals surface area (Å²) in [4.78, 5) is 15.5. The van der Waals surface area contributed by atoms with Gasteiger partial charge in [0, 0.05) is 29.9 Å². The largest absolute Gasteiger partial charge is 0.343 e. The minimum atomic E-state index is 0.0308. The maximum Gasteiger partial charge on any atom is 0.226 e. The van der Waals surface area contributed by atoms with Gasteiger partial charge in [-0.15, -0.1) is 11.3 Å². The first kappa shape index (κ1) is 13.6. The molecule has 1 aromatic heterocycles. The van der Waals surface area contributed by atoms with Gasteiger partial charge in [0.2, 0.25) is 5.91 Å². The molecule has 0 aliphatic heterocycles. The molecular formula is C14H22N2OS. The molecule has 2 N–H and O–H groups in total. The Kier molecular flexibility index (Phi) is 4.40. The molecule has 100 valence electrons. The molecule has 1 aliphatic rings. The summed E-state index contributed by atoms with van der Waals surface area (Å²) in [6, 6.07) is 4.13. The monoisotopic (exact) mass is 266 g/mol. The first-order valence-electron chi connectivity index (χ1n) is 6.76. The van der Waals surface area contributed by atoms with Crippen molar-refractivity contribution in [3.8, 4) is 0 Å². The van der Waals surface area contributed by atoms with E-state index in [1.807, 2.05) is 24.8 Å². The average molecular weight is 266 g/mol. The molecule has 1 aromatic rings. The highest BCUT2D eigenvalue weighted by molar-refractivity contribution is 7.10. The van der Waals surface area contributed by atoms with Gasteiger partial charge < -0.3 is 10.6 Å². The van der Waals surface area contributed by atoms with E-state index >= 15 is 0 Å². The lowest BCUT2D eigenvalue weighted by Gasteiger charge is -2.41. The van der Waals surface area contributed by atoms with Gasteiger partial charge in [0.15, 0.2) is 0 Å². The number of carbonyl (C=O) groups is 1. The SMILES string of the molecule is CCN(CC)C(=O)[C@@H]1CC[C@@H]1C(N)c1cccs1. The average Bonchev–Trinajstić information content (AvgIpc) is 2.82. The van der Waals surface area contributed by atoms with Crippen LogP contribution in [-0.4, -0.2) is 23.9 Å². The van der Waals surface area contributed by atoms with E-state index in [0.717, 1.165) is 25.9 Å². The minimum absolute atomic E-state index is 0.0308. The number of hydrogen-bond acceptors (Lipinski definition) is 3. The molecule has 1 amide bonds. The van der Waals surface area contributed by atoms with Gasteiger partial charge in [0.1, 0.15) is 0 Å². The van der Waals surface area contributed by atoms with E-state index < -0.39 is 0 Å². The highest BCUT2D eigenvalue weighted by Gasteiger charge is 2.42. The van der Waals surface area contributed by atoms with E-state index in [4.69, 9.17) is 5.73 Å². The Balaban J connectivity index is 2.02. The highest BCUT2D eigenvalue weighted by atomic mass is 32.1. The van der Waals surface area contributed by atoms with Gasteiger partial charge in [0.25, 0.3) is 0 Å². The molecule has 0 spiro atoms. The first-order chi connectivity index (χ1) is 8.69. The van der Waals surface area contributed by atoms with Crippen molar-refractivity contribution < 1.29 is 4.79 Å². The molecule has 0 aromatic carbocycles. The molecule has 0 radical (unpaired) electrons. The second-order valence-electron chi connectivity index (χ2n) is 4.90. The van der Waals surface area contributed by atoms with Crippen LogP contribution in [0.1, 0.15) is 37.6 Å². The molecule has 2 rings (SSSR count). The molecule has 0 bridgehead atoms. The third-order valence-corrected chi connectivity index (χ3v) is 5.03. The topological polar surface area (TPSA) is 46.3 Å². The lowest BCUT2D eigenvalue weighted by Crippen LogP contribution is -2.46. The Labute approximate surface area is 113 Å². The fourth-order valence-corrected chi connectivity index (χ4v) is 3.53. The lowest BCUT2D eigenvalue weighted by atomic mass is 9.69. The zero-order valence-corrected chi connectivity index (χ0v) is 12.0. The minimum Gasteiger partial charge on any atom is -0.343 e. The van der Waals surface area contributed by atoms with Crippen LogP contribution < -0.4 is 5.73 Å². The van der Waals surface area contributed by atoms with Gasteiger partial charge in [-0.3, -0.25) is 4.79 Å². The van der Waals surface area contributed by atoms with E-state index in [9.17, 15) is 4.79 Å². The maximum absolute atomic E-state index is 12.3. The van der Waals surface area contributed by atoms with Crippen molar-refractivity contribution >= 4 is 17.2 Å². The van der Waals surface area contributed by atoms with Crippen LogP contribution >= 0.6 is 11.3 Å². The standard InChI is InChI=1S/C14H22N2OS/c1-3-16(4-2)14(17)11-8-7-10(11)13(15)12-6-5-9-18-12/h5-6,9-11,13H,3-4,7-8,15H2,1-2H3/t10-,11+,13?/m0/s1. The summed E-state index contributed by atoms with van der Waals surface area (Å²) >= 11 is 1.69. The smallest absolute Gasteiger partial charge is 0.226 e. The second-order valence-corrected chi connectivity index (χ2v) is 5.88. The number of amides is 1. The second kappa shape index (κ2) is 5.85. The van der Waals surface area contributed by atoms with Gasteiger partial charge in [-0.25, -0.2) is 0 Å². The summed E-state index contributed by atoms with van der Waals surface area (Å²) in [5.41, 5.74) is 6.30. The van der Waals surface area contributed by atoms with Crippen LogP contribution in [0, 0.1) is 11.8 Å². The van der Waals surface area contributed by atoms with Gasteiger partial charge >= 0.3 is 0 Å². The van der Waals surface area contributed by atoms with Crippen LogP contribution in [-0.2, 0) is 4.79 Å². The Hall–Kier alpha value is -0.870. The normalized spacial score (nSPS) is 24.4. The number of carbonyl (C=O) groups excluding carboxylic acids is 1. The zero-order valence-electron chi connectivity index (χ0n) is 11.1. The van der Waals surface area contributed by atoms with E-state index in [-0.39, 0.29) is 12.0 Å². The van der Waals surface area contributed by atoms with Crippen LogP contribution in [0.25, 0.3) is 0 Å². The van der Waals surface area contributed by atoms with Crippen molar-refractivity contribution in [1.82, 2.24) is 4.90 Å². The fourth-order valence-electron chi connectivity index (χ4n) is 2.72. The van der Waals surface area contributed by atoms with Crippen LogP contribution in [0.5, 0.6) is 0 Å². The van der Waals surface area contributed by atoms with Crippen molar-refractivity contribution in [2.24, 2.45) is 17.6 Å². The van der Waals surface area contributed by atoms with Crippen LogP contribution in [0.15, 0.2) is 17.5 Å². The van der Waals surface area contributed by atoms with Crippen molar-refractivity contribution in [2.45, 2.75) is 32.7 Å². The highest BCUT2D eigenvalue weighted by Crippen LogP contribution is 2.43. The van der Waals surface area contributed by atoms with Crippen LogP contribution in [0.3, 0.4) is 0 Å². The summed E-state index contributed by atoms with van der Waals surface area (Å²) in [6.45, 7) is 5.67. The lowest BCUT2D eigenvalue weighted by molar-refractivity contribution is -0.141. The molecule has 1 saturated carbocycles. The van der Waals surface area contributed by atoms with Crippen molar-refractivity contribution in [2.75, 3.05) is 13.1 Å². The molecule has 18 heavy (non-hydrogen) atoms. The quantitative estimate of drug-likeness (QED) is 0.890. The van der Waals surface area contributed by atoms with E-state index in [1.54, 1.807) is 11.3 Å². The van der Waals surface area contributed by atoms with Gasteiger partial charge in [0.05, 0.1) is 0 Å². The Morgan fingerprint density at radius 1 is 1.50 bits per heavy atom. The van der Waals surface area contributed by atoms with Gasteiger partial charge in [-0.1, -0.05) is 6.07 Å².